The first-order chi connectivity index (χ1) is 13.4. The first kappa shape index (κ1) is 18.2. The molecular weight excluding hydrogens is 361 g/mol. The van der Waals surface area contributed by atoms with Gasteiger partial charge < -0.3 is 14.5 Å². The number of furan rings is 1. The lowest BCUT2D eigenvalue weighted by molar-refractivity contribution is 0.0931. The molecule has 0 radical (unpaired) electrons. The van der Waals surface area contributed by atoms with Crippen LogP contribution in [0.2, 0.25) is 0 Å². The second-order valence-corrected chi connectivity index (χ2v) is 6.94. The van der Waals surface area contributed by atoms with Gasteiger partial charge in [0.1, 0.15) is 11.9 Å². The number of amides is 1. The lowest BCUT2D eigenvalue weighted by Crippen LogP contribution is -2.34. The molecule has 4 rings (SSSR count). The minimum absolute atomic E-state index is 0.237. The maximum Gasteiger partial charge on any atom is 0.254 e. The summed E-state index contributed by atoms with van der Waals surface area (Å²) in [5.74, 6) is 0.117. The smallest absolute Gasteiger partial charge is 0.254 e. The third-order valence-corrected chi connectivity index (χ3v) is 4.80. The number of aryl methyl sites for hydroxylation is 3. The molecule has 0 spiro atoms. The second kappa shape index (κ2) is 7.07. The lowest BCUT2D eigenvalue weighted by Gasteiger charge is -2.12. The van der Waals surface area contributed by atoms with E-state index in [2.05, 4.69) is 15.3 Å². The molecular formula is C21H20FN3O3. The highest BCUT2D eigenvalue weighted by atomic mass is 19.1. The van der Waals surface area contributed by atoms with Gasteiger partial charge in [0.05, 0.1) is 35.5 Å². The lowest BCUT2D eigenvalue weighted by atomic mass is 10.0. The van der Waals surface area contributed by atoms with Gasteiger partial charge in [-0.1, -0.05) is 0 Å². The summed E-state index contributed by atoms with van der Waals surface area (Å²) in [6.45, 7) is 5.70. The summed E-state index contributed by atoms with van der Waals surface area (Å²) in [5.41, 5.74) is 4.09. The standard InChI is InChI=1S/C21H20FN3O3/c1-11-9-23-12(2)19(25-11)14-6-15-7-16(28-20(15)18(22)8-14)10-24-21(26)17-4-5-27-13(17)3/h4-6,8-9,16H,7,10H2,1-3H3,(H,24,26)/t16-/m0/s1. The average molecular weight is 381 g/mol. The van der Waals surface area contributed by atoms with Crippen molar-refractivity contribution in [2.45, 2.75) is 33.3 Å². The number of nitrogens with zero attached hydrogens (tertiary/aromatic N) is 2. The fourth-order valence-electron chi connectivity index (χ4n) is 3.37. The van der Waals surface area contributed by atoms with Crippen molar-refractivity contribution in [2.75, 3.05) is 6.54 Å². The molecule has 3 aromatic rings. The third-order valence-electron chi connectivity index (χ3n) is 4.80. The maximum absolute atomic E-state index is 14.6. The van der Waals surface area contributed by atoms with Crippen LogP contribution in [0.3, 0.4) is 0 Å². The summed E-state index contributed by atoms with van der Waals surface area (Å²) in [6, 6.07) is 4.92. The molecule has 1 aliphatic rings. The molecule has 0 aliphatic carbocycles. The SMILES string of the molecule is Cc1cnc(C)c(-c2cc(F)c3c(c2)C[C@@H](CNC(=O)c2ccoc2C)O3)n1. The van der Waals surface area contributed by atoms with E-state index in [1.165, 1.54) is 12.3 Å². The molecule has 0 fully saturated rings. The van der Waals surface area contributed by atoms with Gasteiger partial charge in [0.2, 0.25) is 0 Å². The number of hydrogen-bond acceptors (Lipinski definition) is 5. The largest absolute Gasteiger partial charge is 0.485 e. The van der Waals surface area contributed by atoms with E-state index in [1.54, 1.807) is 19.2 Å². The van der Waals surface area contributed by atoms with Crippen molar-refractivity contribution in [3.05, 3.63) is 64.8 Å². The third kappa shape index (κ3) is 3.35. The highest BCUT2D eigenvalue weighted by Gasteiger charge is 2.28. The summed E-state index contributed by atoms with van der Waals surface area (Å²) in [5, 5.41) is 2.82. The Labute approximate surface area is 161 Å². The second-order valence-electron chi connectivity index (χ2n) is 6.94. The van der Waals surface area contributed by atoms with Crippen LogP contribution in [0.4, 0.5) is 4.39 Å². The number of aromatic nitrogens is 2. The molecule has 7 heteroatoms. The van der Waals surface area contributed by atoms with Crippen LogP contribution in [-0.4, -0.2) is 28.5 Å². The fraction of sp³-hybridized carbons (Fsp3) is 0.286. The molecule has 28 heavy (non-hydrogen) atoms. The number of nitrogens with one attached hydrogen (secondary N) is 1. The van der Waals surface area contributed by atoms with E-state index in [4.69, 9.17) is 9.15 Å². The Morgan fingerprint density at radius 3 is 2.89 bits per heavy atom. The first-order valence-corrected chi connectivity index (χ1v) is 9.04. The quantitative estimate of drug-likeness (QED) is 0.748. The molecule has 6 nitrogen and oxygen atoms in total. The number of carbonyl (C=O) groups excluding carboxylic acids is 1. The molecule has 144 valence electrons. The zero-order chi connectivity index (χ0) is 19.8. The van der Waals surface area contributed by atoms with Crippen LogP contribution >= 0.6 is 0 Å². The molecule has 0 bridgehead atoms. The number of benzene rings is 1. The number of fused-ring (bicyclic) bond motifs is 1. The topological polar surface area (TPSA) is 77.2 Å². The number of ether oxygens (including phenoxy) is 1. The minimum atomic E-state index is -0.435. The van der Waals surface area contributed by atoms with Gasteiger partial charge in [-0.3, -0.25) is 9.78 Å². The zero-order valence-corrected chi connectivity index (χ0v) is 15.9. The molecule has 1 amide bonds. The highest BCUT2D eigenvalue weighted by Crippen LogP contribution is 2.35. The number of halogens is 1. The van der Waals surface area contributed by atoms with E-state index in [1.807, 2.05) is 19.9 Å². The van der Waals surface area contributed by atoms with E-state index in [-0.39, 0.29) is 24.3 Å². The van der Waals surface area contributed by atoms with Crippen LogP contribution in [0.15, 0.2) is 35.1 Å². The average Bonchev–Trinajstić information content (AvgIpc) is 3.28. The Kier molecular flexibility index (Phi) is 4.58. The molecule has 1 aliphatic heterocycles. The van der Waals surface area contributed by atoms with Crippen LogP contribution in [0, 0.1) is 26.6 Å². The van der Waals surface area contributed by atoms with E-state index >= 15 is 0 Å². The van der Waals surface area contributed by atoms with Crippen molar-refractivity contribution in [1.29, 1.82) is 0 Å². The molecule has 1 aromatic carbocycles. The Morgan fingerprint density at radius 2 is 2.14 bits per heavy atom. The number of hydrogen-bond donors (Lipinski definition) is 1. The van der Waals surface area contributed by atoms with Crippen LogP contribution in [0.1, 0.15) is 33.1 Å². The summed E-state index contributed by atoms with van der Waals surface area (Å²) in [6.07, 6.45) is 3.33. The summed E-state index contributed by atoms with van der Waals surface area (Å²) in [7, 11) is 0. The molecule has 0 unspecified atom stereocenters. The van der Waals surface area contributed by atoms with Gasteiger partial charge in [0.25, 0.3) is 5.91 Å². The monoisotopic (exact) mass is 381 g/mol. The molecule has 1 atom stereocenters. The molecule has 2 aromatic heterocycles. The van der Waals surface area contributed by atoms with Gasteiger partial charge in [-0.25, -0.2) is 9.37 Å². The highest BCUT2D eigenvalue weighted by molar-refractivity contribution is 5.95. The van der Waals surface area contributed by atoms with Gasteiger partial charge in [0, 0.05) is 23.7 Å². The van der Waals surface area contributed by atoms with E-state index < -0.39 is 5.82 Å². The summed E-state index contributed by atoms with van der Waals surface area (Å²) >= 11 is 0. The van der Waals surface area contributed by atoms with Crippen LogP contribution in [-0.2, 0) is 6.42 Å². The first-order valence-electron chi connectivity index (χ1n) is 9.04. The normalized spacial score (nSPS) is 15.2. The molecule has 0 saturated carbocycles. The van der Waals surface area contributed by atoms with E-state index in [0.29, 0.717) is 29.0 Å². The Bertz CT molecular complexity index is 1060. The number of rotatable bonds is 4. The van der Waals surface area contributed by atoms with Gasteiger partial charge in [-0.15, -0.1) is 0 Å². The summed E-state index contributed by atoms with van der Waals surface area (Å²) < 4.78 is 25.5. The van der Waals surface area contributed by atoms with Crippen molar-refractivity contribution in [3.8, 4) is 17.0 Å². The van der Waals surface area contributed by atoms with Gasteiger partial charge in [-0.2, -0.15) is 0 Å². The molecule has 0 saturated heterocycles. The zero-order valence-electron chi connectivity index (χ0n) is 15.9. The number of carbonyl (C=O) groups is 1. The molecule has 3 heterocycles. The van der Waals surface area contributed by atoms with Gasteiger partial charge >= 0.3 is 0 Å². The van der Waals surface area contributed by atoms with Gasteiger partial charge in [-0.05, 0) is 39.0 Å². The van der Waals surface area contributed by atoms with Crippen molar-refractivity contribution < 1.29 is 18.3 Å². The Balaban J connectivity index is 1.50. The van der Waals surface area contributed by atoms with Crippen molar-refractivity contribution in [3.63, 3.8) is 0 Å². The van der Waals surface area contributed by atoms with Gasteiger partial charge in [0.15, 0.2) is 11.6 Å². The molecule has 1 N–H and O–H groups in total. The van der Waals surface area contributed by atoms with Crippen molar-refractivity contribution in [2.24, 2.45) is 0 Å². The maximum atomic E-state index is 14.6. The van der Waals surface area contributed by atoms with Crippen molar-refractivity contribution >= 4 is 5.91 Å². The predicted molar refractivity (Wildman–Crippen MR) is 101 cm³/mol. The fourth-order valence-corrected chi connectivity index (χ4v) is 3.37. The predicted octanol–water partition coefficient (Wildman–Crippen LogP) is 3.53. The van der Waals surface area contributed by atoms with E-state index in [9.17, 15) is 9.18 Å². The van der Waals surface area contributed by atoms with Crippen molar-refractivity contribution in [1.82, 2.24) is 15.3 Å². The Morgan fingerprint density at radius 1 is 1.32 bits per heavy atom. The van der Waals surface area contributed by atoms with Crippen LogP contribution in [0.5, 0.6) is 5.75 Å². The van der Waals surface area contributed by atoms with Crippen LogP contribution in [0.25, 0.3) is 11.3 Å². The minimum Gasteiger partial charge on any atom is -0.485 e. The van der Waals surface area contributed by atoms with Crippen LogP contribution < -0.4 is 10.1 Å². The summed E-state index contributed by atoms with van der Waals surface area (Å²) in [4.78, 5) is 21.0. The van der Waals surface area contributed by atoms with E-state index in [0.717, 1.165) is 17.0 Å². The Hall–Kier alpha value is -3.22.